The van der Waals surface area contributed by atoms with Gasteiger partial charge in [-0.05, 0) is 30.7 Å². The van der Waals surface area contributed by atoms with Crippen LogP contribution in [-0.2, 0) is 9.53 Å². The molecule has 0 unspecified atom stereocenters. The van der Waals surface area contributed by atoms with E-state index in [0.717, 1.165) is 18.9 Å². The van der Waals surface area contributed by atoms with Gasteiger partial charge in [-0.15, -0.1) is 0 Å². The molecule has 1 N–H and O–H groups in total. The molecule has 1 aromatic heterocycles. The summed E-state index contributed by atoms with van der Waals surface area (Å²) in [5.41, 5.74) is 0.699. The molecule has 0 bridgehead atoms. The zero-order valence-corrected chi connectivity index (χ0v) is 16.6. The summed E-state index contributed by atoms with van der Waals surface area (Å²) < 4.78 is 11.0. The van der Waals surface area contributed by atoms with Gasteiger partial charge in [0, 0.05) is 37.4 Å². The number of ether oxygens (including phenoxy) is 2. The highest BCUT2D eigenvalue weighted by atomic mass is 16.6. The maximum absolute atomic E-state index is 11.9. The molecule has 158 valence electrons. The molecule has 10 nitrogen and oxygen atoms in total. The van der Waals surface area contributed by atoms with Crippen molar-refractivity contribution < 1.29 is 19.2 Å². The maximum Gasteiger partial charge on any atom is 0.269 e. The number of hydrogen-bond acceptors (Lipinski definition) is 8. The molecule has 1 aliphatic heterocycles. The van der Waals surface area contributed by atoms with Crippen LogP contribution in [-0.4, -0.2) is 60.3 Å². The first-order chi connectivity index (χ1) is 14.5. The van der Waals surface area contributed by atoms with Crippen LogP contribution in [0.1, 0.15) is 11.4 Å². The van der Waals surface area contributed by atoms with Crippen LogP contribution in [0.3, 0.4) is 0 Å². The third-order valence-corrected chi connectivity index (χ3v) is 4.32. The molecule has 0 spiro atoms. The van der Waals surface area contributed by atoms with E-state index < -0.39 is 4.92 Å². The molecule has 1 saturated heterocycles. The van der Waals surface area contributed by atoms with Crippen molar-refractivity contribution in [2.75, 3.05) is 44.4 Å². The van der Waals surface area contributed by atoms with Gasteiger partial charge in [0.25, 0.3) is 5.69 Å². The van der Waals surface area contributed by atoms with Gasteiger partial charge in [-0.3, -0.25) is 14.9 Å². The minimum atomic E-state index is -0.469. The minimum Gasteiger partial charge on any atom is -0.476 e. The topological polar surface area (TPSA) is 120 Å². The summed E-state index contributed by atoms with van der Waals surface area (Å²) >= 11 is 0. The van der Waals surface area contributed by atoms with E-state index in [2.05, 4.69) is 20.2 Å². The number of anilines is 1. The Kier molecular flexibility index (Phi) is 7.28. The molecule has 0 saturated carbocycles. The van der Waals surface area contributed by atoms with Crippen molar-refractivity contribution in [2.24, 2.45) is 0 Å². The number of rotatable bonds is 8. The summed E-state index contributed by atoms with van der Waals surface area (Å²) in [6.07, 6.45) is 2.95. The number of nitro groups is 1. The van der Waals surface area contributed by atoms with Crippen molar-refractivity contribution in [3.8, 4) is 5.88 Å². The van der Waals surface area contributed by atoms with E-state index in [1.807, 2.05) is 6.92 Å². The lowest BCUT2D eigenvalue weighted by atomic mass is 10.2. The molecule has 1 fully saturated rings. The lowest BCUT2D eigenvalue weighted by Crippen LogP contribution is -2.37. The first kappa shape index (κ1) is 21.2. The number of nitrogens with zero attached hydrogens (tertiary/aromatic N) is 4. The zero-order chi connectivity index (χ0) is 21.3. The molecule has 0 radical (unpaired) electrons. The Labute approximate surface area is 173 Å². The van der Waals surface area contributed by atoms with Crippen LogP contribution in [0.15, 0.2) is 36.4 Å². The van der Waals surface area contributed by atoms with Gasteiger partial charge in [0.1, 0.15) is 18.2 Å². The number of aryl methyl sites for hydroxylation is 1. The summed E-state index contributed by atoms with van der Waals surface area (Å²) in [6, 6.07) is 7.72. The number of benzene rings is 1. The minimum absolute atomic E-state index is 0.00508. The van der Waals surface area contributed by atoms with E-state index in [9.17, 15) is 14.9 Å². The van der Waals surface area contributed by atoms with Gasteiger partial charge in [-0.1, -0.05) is 0 Å². The van der Waals surface area contributed by atoms with Gasteiger partial charge >= 0.3 is 0 Å². The monoisotopic (exact) mass is 413 g/mol. The molecule has 1 aromatic carbocycles. The Morgan fingerprint density at radius 1 is 1.30 bits per heavy atom. The van der Waals surface area contributed by atoms with Crippen LogP contribution < -0.4 is 15.0 Å². The first-order valence-electron chi connectivity index (χ1n) is 9.53. The Balaban J connectivity index is 1.44. The number of morpholine rings is 1. The molecule has 2 heterocycles. The van der Waals surface area contributed by atoms with Crippen LogP contribution in [0.4, 0.5) is 11.5 Å². The smallest absolute Gasteiger partial charge is 0.269 e. The summed E-state index contributed by atoms with van der Waals surface area (Å²) in [5.74, 6) is 1.59. The molecule has 1 aliphatic rings. The number of nitro benzene ring substituents is 1. The predicted octanol–water partition coefficient (Wildman–Crippen LogP) is 1.74. The number of aromatic nitrogens is 2. The SMILES string of the molecule is Cc1nc(OCCNC(=O)/C=C/c2ccc([N+](=O)[O-])cc2)cc(N2CCOCC2)n1. The molecule has 10 heteroatoms. The zero-order valence-electron chi connectivity index (χ0n) is 16.6. The summed E-state index contributed by atoms with van der Waals surface area (Å²) in [4.78, 5) is 32.9. The molecule has 2 aromatic rings. The largest absolute Gasteiger partial charge is 0.476 e. The van der Waals surface area contributed by atoms with E-state index in [0.29, 0.717) is 37.0 Å². The van der Waals surface area contributed by atoms with Gasteiger partial charge in [0.2, 0.25) is 11.8 Å². The second-order valence-electron chi connectivity index (χ2n) is 6.53. The van der Waals surface area contributed by atoms with Crippen molar-refractivity contribution in [1.82, 2.24) is 15.3 Å². The summed E-state index contributed by atoms with van der Waals surface area (Å²) in [7, 11) is 0. The van der Waals surface area contributed by atoms with Crippen LogP contribution in [0.2, 0.25) is 0 Å². The number of nitrogens with one attached hydrogen (secondary N) is 1. The number of carbonyl (C=O) groups excluding carboxylic acids is 1. The fourth-order valence-corrected chi connectivity index (χ4v) is 2.82. The van der Waals surface area contributed by atoms with Crippen molar-refractivity contribution in [3.63, 3.8) is 0 Å². The first-order valence-corrected chi connectivity index (χ1v) is 9.53. The molecular weight excluding hydrogens is 390 g/mol. The second kappa shape index (κ2) is 10.3. The average Bonchev–Trinajstić information content (AvgIpc) is 2.76. The van der Waals surface area contributed by atoms with E-state index in [-0.39, 0.29) is 18.2 Å². The van der Waals surface area contributed by atoms with Crippen molar-refractivity contribution in [3.05, 3.63) is 57.9 Å². The van der Waals surface area contributed by atoms with Crippen LogP contribution in [0.25, 0.3) is 6.08 Å². The molecule has 3 rings (SSSR count). The summed E-state index contributed by atoms with van der Waals surface area (Å²) in [5, 5.41) is 13.4. The van der Waals surface area contributed by atoms with E-state index in [4.69, 9.17) is 9.47 Å². The molecule has 30 heavy (non-hydrogen) atoms. The standard InChI is InChI=1S/C20H23N5O5/c1-15-22-18(24-9-12-29-13-10-24)14-20(23-15)30-11-8-21-19(26)7-4-16-2-5-17(6-3-16)25(27)28/h2-7,14H,8-13H2,1H3,(H,21,26)/b7-4+. The Morgan fingerprint density at radius 3 is 2.73 bits per heavy atom. The highest BCUT2D eigenvalue weighted by Gasteiger charge is 2.14. The van der Waals surface area contributed by atoms with Crippen LogP contribution in [0, 0.1) is 17.0 Å². The van der Waals surface area contributed by atoms with Gasteiger partial charge in [-0.25, -0.2) is 4.98 Å². The fourth-order valence-electron chi connectivity index (χ4n) is 2.82. The Morgan fingerprint density at radius 2 is 2.03 bits per heavy atom. The van der Waals surface area contributed by atoms with Gasteiger partial charge in [0.05, 0.1) is 24.7 Å². The van der Waals surface area contributed by atoms with Gasteiger partial charge in [-0.2, -0.15) is 4.98 Å². The fraction of sp³-hybridized carbons (Fsp3) is 0.350. The Bertz CT molecular complexity index is 910. The van der Waals surface area contributed by atoms with Crippen LogP contribution >= 0.6 is 0 Å². The molecule has 0 aliphatic carbocycles. The molecule has 1 amide bonds. The highest BCUT2D eigenvalue weighted by Crippen LogP contribution is 2.18. The number of hydrogen-bond donors (Lipinski definition) is 1. The molecule has 0 atom stereocenters. The van der Waals surface area contributed by atoms with Crippen LogP contribution in [0.5, 0.6) is 5.88 Å². The predicted molar refractivity (Wildman–Crippen MR) is 110 cm³/mol. The third kappa shape index (κ3) is 6.24. The average molecular weight is 413 g/mol. The van der Waals surface area contributed by atoms with Crippen molar-refractivity contribution in [1.29, 1.82) is 0 Å². The van der Waals surface area contributed by atoms with Gasteiger partial charge < -0.3 is 19.7 Å². The van der Waals surface area contributed by atoms with E-state index >= 15 is 0 Å². The van der Waals surface area contributed by atoms with Crippen molar-refractivity contribution in [2.45, 2.75) is 6.92 Å². The number of carbonyl (C=O) groups is 1. The van der Waals surface area contributed by atoms with E-state index in [1.54, 1.807) is 24.3 Å². The normalized spacial score (nSPS) is 14.0. The lowest BCUT2D eigenvalue weighted by molar-refractivity contribution is -0.384. The third-order valence-electron chi connectivity index (χ3n) is 4.32. The Hall–Kier alpha value is -3.53. The quantitative estimate of drug-likeness (QED) is 0.301. The molecular formula is C20H23N5O5. The van der Waals surface area contributed by atoms with E-state index in [1.165, 1.54) is 18.2 Å². The highest BCUT2D eigenvalue weighted by molar-refractivity contribution is 5.91. The second-order valence-corrected chi connectivity index (χ2v) is 6.53. The van der Waals surface area contributed by atoms with Gasteiger partial charge in [0.15, 0.2) is 0 Å². The lowest BCUT2D eigenvalue weighted by Gasteiger charge is -2.28. The number of amides is 1. The summed E-state index contributed by atoms with van der Waals surface area (Å²) in [6.45, 7) is 5.24. The number of non-ortho nitro benzene ring substituents is 1. The van der Waals surface area contributed by atoms with Crippen molar-refractivity contribution >= 4 is 23.5 Å². The maximum atomic E-state index is 11.9.